The molecule has 9 heavy (non-hydrogen) atoms. The van der Waals surface area contributed by atoms with Gasteiger partial charge < -0.3 is 9.80 Å². The van der Waals surface area contributed by atoms with E-state index in [9.17, 15) is 0 Å². The quantitative estimate of drug-likeness (QED) is 0.392. The number of piperazine rings is 1. The number of nitrogens with one attached hydrogen (secondary N) is 1. The maximum absolute atomic E-state index is 6.95. The van der Waals surface area contributed by atoms with Crippen molar-refractivity contribution in [1.29, 1.82) is 5.41 Å². The number of hydrogen-bond acceptors (Lipinski definition) is 2. The van der Waals surface area contributed by atoms with Gasteiger partial charge in [0.25, 0.3) is 0 Å². The fourth-order valence-corrected chi connectivity index (χ4v) is 0.951. The Bertz CT molecular complexity index is 94.5. The minimum atomic E-state index is 1.01. The second kappa shape index (κ2) is 2.82. The Morgan fingerprint density at radius 3 is 2.22 bits per heavy atom. The van der Waals surface area contributed by atoms with Crippen molar-refractivity contribution in [3.63, 3.8) is 0 Å². The minimum absolute atomic E-state index is 1.01. The lowest BCUT2D eigenvalue weighted by atomic mass is 10.4. The molecule has 0 unspecified atom stereocenters. The zero-order valence-electron chi connectivity index (χ0n) is 5.80. The van der Waals surface area contributed by atoms with Crippen LogP contribution in [0, 0.1) is 5.41 Å². The van der Waals surface area contributed by atoms with Crippen molar-refractivity contribution in [2.24, 2.45) is 0 Å². The van der Waals surface area contributed by atoms with E-state index in [4.69, 9.17) is 5.41 Å². The summed E-state index contributed by atoms with van der Waals surface area (Å²) in [5, 5.41) is 6.95. The summed E-state index contributed by atoms with van der Waals surface area (Å²) in [6.45, 7) is 4.21. The summed E-state index contributed by atoms with van der Waals surface area (Å²) in [4.78, 5) is 4.31. The molecule has 1 N–H and O–H groups in total. The second-order valence-corrected chi connectivity index (χ2v) is 2.47. The highest BCUT2D eigenvalue weighted by Crippen LogP contribution is 1.94. The third-order valence-corrected chi connectivity index (χ3v) is 1.72. The molecule has 1 aliphatic heterocycles. The Labute approximate surface area is 55.8 Å². The molecule has 1 aliphatic rings. The van der Waals surface area contributed by atoms with Crippen LogP contribution in [-0.4, -0.2) is 49.4 Å². The van der Waals surface area contributed by atoms with Crippen LogP contribution >= 0.6 is 0 Å². The van der Waals surface area contributed by atoms with Gasteiger partial charge in [0.15, 0.2) is 0 Å². The summed E-state index contributed by atoms with van der Waals surface area (Å²) in [7, 11) is 2.11. The maximum Gasteiger partial charge on any atom is 0.0818 e. The van der Waals surface area contributed by atoms with Crippen molar-refractivity contribution < 1.29 is 0 Å². The van der Waals surface area contributed by atoms with Gasteiger partial charge in [0, 0.05) is 26.2 Å². The molecule has 52 valence electrons. The molecular weight excluding hydrogens is 114 g/mol. The van der Waals surface area contributed by atoms with Gasteiger partial charge in [-0.2, -0.15) is 0 Å². The molecule has 0 aromatic carbocycles. The number of likely N-dealkylation sites (N-methyl/N-ethyl adjacent to an activating group) is 1. The molecule has 1 heterocycles. The van der Waals surface area contributed by atoms with Crippen LogP contribution in [0.1, 0.15) is 0 Å². The molecule has 0 spiro atoms. The first kappa shape index (κ1) is 6.55. The largest absolute Gasteiger partial charge is 0.361 e. The summed E-state index contributed by atoms with van der Waals surface area (Å²) < 4.78 is 0. The predicted molar refractivity (Wildman–Crippen MR) is 37.9 cm³/mol. The van der Waals surface area contributed by atoms with Crippen molar-refractivity contribution in [2.45, 2.75) is 0 Å². The molecule has 0 aliphatic carbocycles. The molecule has 0 saturated carbocycles. The van der Waals surface area contributed by atoms with E-state index in [1.54, 1.807) is 0 Å². The predicted octanol–water partition coefficient (Wildman–Crippen LogP) is -0.159. The highest BCUT2D eigenvalue weighted by Gasteiger charge is 2.08. The number of rotatable bonds is 1. The molecule has 0 amide bonds. The monoisotopic (exact) mass is 127 g/mol. The van der Waals surface area contributed by atoms with Crippen LogP contribution in [-0.2, 0) is 0 Å². The first-order valence-electron chi connectivity index (χ1n) is 3.26. The maximum atomic E-state index is 6.95. The molecule has 3 nitrogen and oxygen atoms in total. The molecule has 1 fully saturated rings. The van der Waals surface area contributed by atoms with E-state index in [1.807, 2.05) is 4.90 Å². The van der Waals surface area contributed by atoms with E-state index in [2.05, 4.69) is 11.9 Å². The second-order valence-electron chi connectivity index (χ2n) is 2.47. The SMILES string of the molecule is CN1CCN(C=N)CC1. The van der Waals surface area contributed by atoms with Crippen molar-refractivity contribution in [1.82, 2.24) is 9.80 Å². The topological polar surface area (TPSA) is 30.3 Å². The zero-order valence-corrected chi connectivity index (χ0v) is 5.80. The van der Waals surface area contributed by atoms with Crippen molar-refractivity contribution >= 4 is 6.34 Å². The summed E-state index contributed by atoms with van der Waals surface area (Å²) in [6.07, 6.45) is 1.42. The minimum Gasteiger partial charge on any atom is -0.361 e. The first-order valence-corrected chi connectivity index (χ1v) is 3.26. The average molecular weight is 127 g/mol. The van der Waals surface area contributed by atoms with Gasteiger partial charge in [-0.05, 0) is 7.05 Å². The summed E-state index contributed by atoms with van der Waals surface area (Å²) >= 11 is 0. The zero-order chi connectivity index (χ0) is 6.69. The summed E-state index contributed by atoms with van der Waals surface area (Å²) in [5.74, 6) is 0. The normalized spacial score (nSPS) is 22.1. The third-order valence-electron chi connectivity index (χ3n) is 1.72. The molecule has 0 radical (unpaired) electrons. The fraction of sp³-hybridized carbons (Fsp3) is 0.833. The van der Waals surface area contributed by atoms with Gasteiger partial charge in [0.1, 0.15) is 0 Å². The van der Waals surface area contributed by atoms with E-state index in [-0.39, 0.29) is 0 Å². The third kappa shape index (κ3) is 1.68. The van der Waals surface area contributed by atoms with Crippen molar-refractivity contribution in [3.8, 4) is 0 Å². The number of nitrogens with zero attached hydrogens (tertiary/aromatic N) is 2. The lowest BCUT2D eigenvalue weighted by molar-refractivity contribution is 0.219. The van der Waals surface area contributed by atoms with Gasteiger partial charge in [-0.25, -0.2) is 0 Å². The Hall–Kier alpha value is -0.570. The fourth-order valence-electron chi connectivity index (χ4n) is 0.951. The van der Waals surface area contributed by atoms with E-state index in [0.29, 0.717) is 0 Å². The van der Waals surface area contributed by atoms with Gasteiger partial charge in [-0.3, -0.25) is 5.41 Å². The van der Waals surface area contributed by atoms with Gasteiger partial charge in [-0.1, -0.05) is 0 Å². The molecular formula is C6H13N3. The molecule has 0 atom stereocenters. The Balaban J connectivity index is 2.26. The Morgan fingerprint density at radius 2 is 1.78 bits per heavy atom. The van der Waals surface area contributed by atoms with Gasteiger partial charge in [0.05, 0.1) is 6.34 Å². The molecule has 3 heteroatoms. The van der Waals surface area contributed by atoms with Gasteiger partial charge in [-0.15, -0.1) is 0 Å². The molecule has 1 rings (SSSR count). The lowest BCUT2D eigenvalue weighted by Crippen LogP contribution is -2.43. The highest BCUT2D eigenvalue weighted by atomic mass is 15.2. The lowest BCUT2D eigenvalue weighted by Gasteiger charge is -2.30. The van der Waals surface area contributed by atoms with E-state index >= 15 is 0 Å². The first-order chi connectivity index (χ1) is 4.33. The van der Waals surface area contributed by atoms with Crippen LogP contribution in [0.2, 0.25) is 0 Å². The molecule has 1 saturated heterocycles. The van der Waals surface area contributed by atoms with Crippen molar-refractivity contribution in [3.05, 3.63) is 0 Å². The van der Waals surface area contributed by atoms with Gasteiger partial charge >= 0.3 is 0 Å². The van der Waals surface area contributed by atoms with Crippen LogP contribution in [0.4, 0.5) is 0 Å². The van der Waals surface area contributed by atoms with Gasteiger partial charge in [0.2, 0.25) is 0 Å². The van der Waals surface area contributed by atoms with Crippen LogP contribution < -0.4 is 0 Å². The molecule has 0 aromatic heterocycles. The van der Waals surface area contributed by atoms with Crippen molar-refractivity contribution in [2.75, 3.05) is 33.2 Å². The summed E-state index contributed by atoms with van der Waals surface area (Å²) in [5.41, 5.74) is 0. The van der Waals surface area contributed by atoms with Crippen LogP contribution in [0.5, 0.6) is 0 Å². The van der Waals surface area contributed by atoms with Crippen LogP contribution in [0.3, 0.4) is 0 Å². The summed E-state index contributed by atoms with van der Waals surface area (Å²) in [6, 6.07) is 0. The number of hydrogen-bond donors (Lipinski definition) is 1. The van der Waals surface area contributed by atoms with E-state index in [0.717, 1.165) is 26.2 Å². The Morgan fingerprint density at radius 1 is 1.22 bits per heavy atom. The Kier molecular flexibility index (Phi) is 2.05. The van der Waals surface area contributed by atoms with Crippen LogP contribution in [0.15, 0.2) is 0 Å². The van der Waals surface area contributed by atoms with Crippen LogP contribution in [0.25, 0.3) is 0 Å². The van der Waals surface area contributed by atoms with E-state index in [1.165, 1.54) is 6.34 Å². The standard InChI is InChI=1S/C6H13N3/c1-8-2-4-9(6-7)5-3-8/h6-7H,2-5H2,1H3. The highest BCUT2D eigenvalue weighted by molar-refractivity contribution is 5.50. The molecule has 0 bridgehead atoms. The molecule has 0 aromatic rings. The smallest absolute Gasteiger partial charge is 0.0818 e. The van der Waals surface area contributed by atoms with E-state index < -0.39 is 0 Å². The average Bonchev–Trinajstić information content (AvgIpc) is 1.90.